The Morgan fingerprint density at radius 3 is 2.50 bits per heavy atom. The molecule has 1 rings (SSSR count). The molecule has 0 fully saturated rings. The summed E-state index contributed by atoms with van der Waals surface area (Å²) in [5.41, 5.74) is 1.09. The molecule has 0 heterocycles. The van der Waals surface area contributed by atoms with Crippen LogP contribution in [0.3, 0.4) is 0 Å². The van der Waals surface area contributed by atoms with Gasteiger partial charge in [0.2, 0.25) is 0 Å². The Morgan fingerprint density at radius 1 is 1.28 bits per heavy atom. The molecule has 0 aliphatic heterocycles. The lowest BCUT2D eigenvalue weighted by atomic mass is 9.96. The molecule has 1 aromatic carbocycles. The summed E-state index contributed by atoms with van der Waals surface area (Å²) in [4.78, 5) is 22.3. The molecule has 0 saturated carbocycles. The lowest BCUT2D eigenvalue weighted by Gasteiger charge is -2.13. The smallest absolute Gasteiger partial charge is 0.309 e. The van der Waals surface area contributed by atoms with Crippen LogP contribution in [-0.4, -0.2) is 23.7 Å². The zero-order valence-electron chi connectivity index (χ0n) is 10.5. The van der Waals surface area contributed by atoms with Gasteiger partial charge < -0.3 is 9.84 Å². The van der Waals surface area contributed by atoms with E-state index in [1.54, 1.807) is 6.92 Å². The lowest BCUT2D eigenvalue weighted by molar-refractivity contribution is -0.152. The van der Waals surface area contributed by atoms with Crippen LogP contribution in [-0.2, 0) is 20.7 Å². The molecule has 0 amide bonds. The number of ether oxygens (including phenoxy) is 1. The molecule has 0 saturated heterocycles. The fourth-order valence-electron chi connectivity index (χ4n) is 1.76. The first kappa shape index (κ1) is 14.2. The topological polar surface area (TPSA) is 63.6 Å². The predicted octanol–water partition coefficient (Wildman–Crippen LogP) is 2.27. The zero-order valence-corrected chi connectivity index (χ0v) is 10.5. The second-order valence-corrected chi connectivity index (χ2v) is 4.07. The molecule has 0 aliphatic carbocycles. The second kappa shape index (κ2) is 7.48. The molecular weight excluding hydrogens is 232 g/mol. The molecule has 1 aromatic rings. The monoisotopic (exact) mass is 250 g/mol. The van der Waals surface area contributed by atoms with Gasteiger partial charge in [0.25, 0.3) is 0 Å². The maximum absolute atomic E-state index is 11.6. The molecular formula is C14H18O4. The van der Waals surface area contributed by atoms with E-state index >= 15 is 0 Å². The maximum atomic E-state index is 11.6. The van der Waals surface area contributed by atoms with E-state index in [1.165, 1.54) is 0 Å². The fourth-order valence-corrected chi connectivity index (χ4v) is 1.76. The Morgan fingerprint density at radius 2 is 1.94 bits per heavy atom. The molecule has 1 atom stereocenters. The van der Waals surface area contributed by atoms with E-state index in [9.17, 15) is 9.59 Å². The number of carboxylic acid groups (broad SMARTS) is 1. The van der Waals surface area contributed by atoms with Gasteiger partial charge in [0, 0.05) is 0 Å². The van der Waals surface area contributed by atoms with Crippen LogP contribution in [0.5, 0.6) is 0 Å². The van der Waals surface area contributed by atoms with Crippen LogP contribution in [0.15, 0.2) is 30.3 Å². The molecule has 18 heavy (non-hydrogen) atoms. The van der Waals surface area contributed by atoms with Crippen molar-refractivity contribution in [3.63, 3.8) is 0 Å². The lowest BCUT2D eigenvalue weighted by Crippen LogP contribution is -2.21. The highest BCUT2D eigenvalue weighted by Crippen LogP contribution is 2.15. The molecule has 0 aromatic heterocycles. The van der Waals surface area contributed by atoms with E-state index in [0.29, 0.717) is 12.8 Å². The first-order chi connectivity index (χ1) is 8.63. The number of carboxylic acids is 1. The van der Waals surface area contributed by atoms with Gasteiger partial charge in [-0.15, -0.1) is 0 Å². The number of rotatable bonds is 7. The molecule has 0 unspecified atom stereocenters. The third-order valence-corrected chi connectivity index (χ3v) is 2.67. The molecule has 0 spiro atoms. The molecule has 0 aliphatic rings. The van der Waals surface area contributed by atoms with Crippen molar-refractivity contribution in [1.82, 2.24) is 0 Å². The van der Waals surface area contributed by atoms with Crippen molar-refractivity contribution >= 4 is 11.9 Å². The largest absolute Gasteiger partial charge is 0.481 e. The number of carbonyl (C=O) groups is 2. The molecule has 0 bridgehead atoms. The van der Waals surface area contributed by atoms with Gasteiger partial charge in [-0.05, 0) is 25.3 Å². The summed E-state index contributed by atoms with van der Waals surface area (Å²) in [7, 11) is 0. The minimum Gasteiger partial charge on any atom is -0.481 e. The number of hydrogen-bond acceptors (Lipinski definition) is 3. The van der Waals surface area contributed by atoms with Gasteiger partial charge in [-0.2, -0.15) is 0 Å². The summed E-state index contributed by atoms with van der Waals surface area (Å²) in [5, 5.41) is 8.79. The van der Waals surface area contributed by atoms with E-state index in [2.05, 4.69) is 0 Å². The Balaban J connectivity index is 2.55. The predicted molar refractivity (Wildman–Crippen MR) is 67.1 cm³/mol. The van der Waals surface area contributed by atoms with Crippen molar-refractivity contribution in [2.24, 2.45) is 5.92 Å². The van der Waals surface area contributed by atoms with Gasteiger partial charge in [-0.3, -0.25) is 9.59 Å². The number of aryl methyl sites for hydroxylation is 1. The fraction of sp³-hybridized carbons (Fsp3) is 0.429. The van der Waals surface area contributed by atoms with Crippen molar-refractivity contribution in [3.8, 4) is 0 Å². The SMILES string of the molecule is CCOC(=O)[C@@H](CCc1ccccc1)CC(=O)O. The molecule has 98 valence electrons. The average molecular weight is 250 g/mol. The summed E-state index contributed by atoms with van der Waals surface area (Å²) < 4.78 is 4.89. The minimum atomic E-state index is -0.971. The highest BCUT2D eigenvalue weighted by molar-refractivity contribution is 5.79. The highest BCUT2D eigenvalue weighted by atomic mass is 16.5. The number of aliphatic carboxylic acids is 1. The normalized spacial score (nSPS) is 11.8. The van der Waals surface area contributed by atoms with Crippen molar-refractivity contribution < 1.29 is 19.4 Å². The number of esters is 1. The van der Waals surface area contributed by atoms with Crippen LogP contribution in [0.1, 0.15) is 25.3 Å². The van der Waals surface area contributed by atoms with Crippen LogP contribution in [0.4, 0.5) is 0 Å². The van der Waals surface area contributed by atoms with Crippen LogP contribution >= 0.6 is 0 Å². The summed E-state index contributed by atoms with van der Waals surface area (Å²) in [6.07, 6.45) is 0.998. The summed E-state index contributed by atoms with van der Waals surface area (Å²) in [6, 6.07) is 9.69. The van der Waals surface area contributed by atoms with Crippen LogP contribution < -0.4 is 0 Å². The van der Waals surface area contributed by atoms with Gasteiger partial charge in [-0.1, -0.05) is 30.3 Å². The third kappa shape index (κ3) is 4.99. The second-order valence-electron chi connectivity index (χ2n) is 4.07. The quantitative estimate of drug-likeness (QED) is 0.754. The Labute approximate surface area is 107 Å². The Hall–Kier alpha value is -1.84. The van der Waals surface area contributed by atoms with Gasteiger partial charge in [0.15, 0.2) is 0 Å². The first-order valence-electron chi connectivity index (χ1n) is 6.05. The maximum Gasteiger partial charge on any atom is 0.309 e. The molecule has 4 nitrogen and oxygen atoms in total. The van der Waals surface area contributed by atoms with E-state index in [-0.39, 0.29) is 13.0 Å². The molecule has 4 heteroatoms. The van der Waals surface area contributed by atoms with Crippen LogP contribution in [0.2, 0.25) is 0 Å². The van der Waals surface area contributed by atoms with Crippen molar-refractivity contribution in [2.75, 3.05) is 6.61 Å². The summed E-state index contributed by atoms with van der Waals surface area (Å²) >= 11 is 0. The number of benzene rings is 1. The van der Waals surface area contributed by atoms with Gasteiger partial charge in [-0.25, -0.2) is 0 Å². The van der Waals surface area contributed by atoms with Gasteiger partial charge in [0.1, 0.15) is 0 Å². The summed E-state index contributed by atoms with van der Waals surface area (Å²) in [5.74, 6) is -1.96. The van der Waals surface area contributed by atoms with Crippen LogP contribution in [0.25, 0.3) is 0 Å². The van der Waals surface area contributed by atoms with Crippen LogP contribution in [0, 0.1) is 5.92 Å². The summed E-state index contributed by atoms with van der Waals surface area (Å²) in [6.45, 7) is 1.99. The van der Waals surface area contributed by atoms with E-state index in [1.807, 2.05) is 30.3 Å². The van der Waals surface area contributed by atoms with Crippen molar-refractivity contribution in [3.05, 3.63) is 35.9 Å². The zero-order chi connectivity index (χ0) is 13.4. The first-order valence-corrected chi connectivity index (χ1v) is 6.05. The number of carbonyl (C=O) groups excluding carboxylic acids is 1. The Bertz CT molecular complexity index is 386. The van der Waals surface area contributed by atoms with Gasteiger partial charge in [0.05, 0.1) is 18.9 Å². The highest BCUT2D eigenvalue weighted by Gasteiger charge is 2.22. The van der Waals surface area contributed by atoms with E-state index in [4.69, 9.17) is 9.84 Å². The average Bonchev–Trinajstić information content (AvgIpc) is 2.35. The van der Waals surface area contributed by atoms with Crippen molar-refractivity contribution in [2.45, 2.75) is 26.2 Å². The van der Waals surface area contributed by atoms with E-state index in [0.717, 1.165) is 5.56 Å². The van der Waals surface area contributed by atoms with Crippen molar-refractivity contribution in [1.29, 1.82) is 0 Å². The number of hydrogen-bond donors (Lipinski definition) is 1. The Kier molecular flexibility index (Phi) is 5.91. The molecule has 1 N–H and O–H groups in total. The van der Waals surface area contributed by atoms with Gasteiger partial charge >= 0.3 is 11.9 Å². The standard InChI is InChI=1S/C14H18O4/c1-2-18-14(17)12(10-13(15)16)9-8-11-6-4-3-5-7-11/h3-7,12H,2,8-10H2,1H3,(H,15,16)/t12-/m0/s1. The third-order valence-electron chi connectivity index (χ3n) is 2.67. The molecule has 0 radical (unpaired) electrons. The minimum absolute atomic E-state index is 0.175. The van der Waals surface area contributed by atoms with E-state index < -0.39 is 17.9 Å².